The van der Waals surface area contributed by atoms with Gasteiger partial charge in [0.05, 0.1) is 25.7 Å². The van der Waals surface area contributed by atoms with Gasteiger partial charge in [0.1, 0.15) is 5.75 Å². The average Bonchev–Trinajstić information content (AvgIpc) is 2.54. The summed E-state index contributed by atoms with van der Waals surface area (Å²) in [4.78, 5) is 14.4. The van der Waals surface area contributed by atoms with E-state index in [1.54, 1.807) is 0 Å². The molecule has 116 valence electrons. The van der Waals surface area contributed by atoms with E-state index in [-0.39, 0.29) is 11.8 Å². The molecular formula is C16H24N2O3. The molecule has 0 spiro atoms. The number of para-hydroxylation sites is 1. The fraction of sp³-hybridized carbons (Fsp3) is 0.562. The summed E-state index contributed by atoms with van der Waals surface area (Å²) in [6.45, 7) is 5.44. The average molecular weight is 292 g/mol. The molecule has 0 aliphatic carbocycles. The lowest BCUT2D eigenvalue weighted by molar-refractivity contribution is -0.139. The number of ether oxygens (including phenoxy) is 2. The molecule has 5 heteroatoms. The molecule has 1 aromatic carbocycles. The maximum Gasteiger partial charge on any atom is 0.227 e. The van der Waals surface area contributed by atoms with Crippen LogP contribution in [0.2, 0.25) is 0 Å². The second-order valence-electron chi connectivity index (χ2n) is 5.12. The molecule has 1 fully saturated rings. The Kier molecular flexibility index (Phi) is 6.02. The molecule has 1 unspecified atom stereocenters. The number of carbonyl (C=O) groups excluding carboxylic acids is 1. The van der Waals surface area contributed by atoms with Crippen LogP contribution in [0.1, 0.15) is 12.5 Å². The largest absolute Gasteiger partial charge is 0.494 e. The zero-order valence-electron chi connectivity index (χ0n) is 12.6. The van der Waals surface area contributed by atoms with Crippen molar-refractivity contribution in [2.45, 2.75) is 13.3 Å². The highest BCUT2D eigenvalue weighted by Crippen LogP contribution is 2.22. The van der Waals surface area contributed by atoms with Gasteiger partial charge in [0.15, 0.2) is 0 Å². The van der Waals surface area contributed by atoms with Crippen molar-refractivity contribution in [3.05, 3.63) is 29.8 Å². The van der Waals surface area contributed by atoms with Crippen molar-refractivity contribution in [3.63, 3.8) is 0 Å². The lowest BCUT2D eigenvalue weighted by atomic mass is 9.97. The van der Waals surface area contributed by atoms with Crippen molar-refractivity contribution >= 4 is 5.91 Å². The summed E-state index contributed by atoms with van der Waals surface area (Å²) in [5.74, 6) is 0.755. The van der Waals surface area contributed by atoms with Crippen LogP contribution in [0.25, 0.3) is 0 Å². The number of rotatable bonds is 6. The molecule has 1 aromatic rings. The maximum atomic E-state index is 12.6. The van der Waals surface area contributed by atoms with Crippen molar-refractivity contribution in [2.24, 2.45) is 11.7 Å². The fourth-order valence-corrected chi connectivity index (χ4v) is 2.55. The number of carbonyl (C=O) groups is 1. The third kappa shape index (κ3) is 4.19. The summed E-state index contributed by atoms with van der Waals surface area (Å²) < 4.78 is 10.9. The fourth-order valence-electron chi connectivity index (χ4n) is 2.55. The van der Waals surface area contributed by atoms with Crippen molar-refractivity contribution in [2.75, 3.05) is 39.5 Å². The van der Waals surface area contributed by atoms with E-state index >= 15 is 0 Å². The van der Waals surface area contributed by atoms with Gasteiger partial charge in [-0.05, 0) is 25.0 Å². The van der Waals surface area contributed by atoms with E-state index in [0.717, 1.165) is 11.3 Å². The molecule has 21 heavy (non-hydrogen) atoms. The van der Waals surface area contributed by atoms with E-state index in [9.17, 15) is 4.79 Å². The van der Waals surface area contributed by atoms with Gasteiger partial charge in [-0.3, -0.25) is 4.79 Å². The predicted octanol–water partition coefficient (Wildman–Crippen LogP) is 1.06. The number of hydrogen-bond acceptors (Lipinski definition) is 4. The first-order valence-corrected chi connectivity index (χ1v) is 7.53. The van der Waals surface area contributed by atoms with Crippen LogP contribution in [-0.4, -0.2) is 50.3 Å². The molecule has 1 heterocycles. The van der Waals surface area contributed by atoms with Gasteiger partial charge >= 0.3 is 0 Å². The Labute approximate surface area is 126 Å². The van der Waals surface area contributed by atoms with E-state index < -0.39 is 0 Å². The molecule has 0 saturated carbocycles. The molecule has 0 radical (unpaired) electrons. The van der Waals surface area contributed by atoms with Crippen LogP contribution in [0.3, 0.4) is 0 Å². The molecule has 0 bridgehead atoms. The highest BCUT2D eigenvalue weighted by atomic mass is 16.5. The summed E-state index contributed by atoms with van der Waals surface area (Å²) in [5, 5.41) is 0. The second kappa shape index (κ2) is 8.00. The lowest BCUT2D eigenvalue weighted by Gasteiger charge is -2.30. The Morgan fingerprint density at radius 2 is 2.10 bits per heavy atom. The van der Waals surface area contributed by atoms with E-state index in [1.165, 1.54) is 0 Å². The third-order valence-electron chi connectivity index (χ3n) is 3.70. The molecule has 0 aromatic heterocycles. The first-order valence-electron chi connectivity index (χ1n) is 7.53. The number of nitrogens with zero attached hydrogens (tertiary/aromatic N) is 1. The number of morpholine rings is 1. The third-order valence-corrected chi connectivity index (χ3v) is 3.70. The Balaban J connectivity index is 2.06. The Morgan fingerprint density at radius 3 is 2.76 bits per heavy atom. The van der Waals surface area contributed by atoms with Crippen LogP contribution < -0.4 is 10.5 Å². The molecule has 1 saturated heterocycles. The van der Waals surface area contributed by atoms with E-state index in [2.05, 4.69) is 0 Å². The van der Waals surface area contributed by atoms with Gasteiger partial charge in [-0.25, -0.2) is 0 Å². The van der Waals surface area contributed by atoms with Crippen molar-refractivity contribution < 1.29 is 14.3 Å². The molecule has 5 nitrogen and oxygen atoms in total. The van der Waals surface area contributed by atoms with Gasteiger partial charge in [-0.1, -0.05) is 18.2 Å². The van der Waals surface area contributed by atoms with Crippen molar-refractivity contribution in [3.8, 4) is 5.75 Å². The van der Waals surface area contributed by atoms with Crippen LogP contribution in [0.5, 0.6) is 5.75 Å². The molecule has 1 aliphatic heterocycles. The van der Waals surface area contributed by atoms with Crippen LogP contribution >= 0.6 is 0 Å². The van der Waals surface area contributed by atoms with Crippen LogP contribution in [0, 0.1) is 5.92 Å². The number of amides is 1. The summed E-state index contributed by atoms with van der Waals surface area (Å²) in [5.41, 5.74) is 6.87. The molecule has 1 amide bonds. The van der Waals surface area contributed by atoms with Crippen molar-refractivity contribution in [1.82, 2.24) is 4.90 Å². The highest BCUT2D eigenvalue weighted by Gasteiger charge is 2.25. The highest BCUT2D eigenvalue weighted by molar-refractivity contribution is 5.79. The van der Waals surface area contributed by atoms with Gasteiger partial charge in [-0.15, -0.1) is 0 Å². The summed E-state index contributed by atoms with van der Waals surface area (Å²) in [7, 11) is 0. The summed E-state index contributed by atoms with van der Waals surface area (Å²) in [6, 6.07) is 7.84. The Bertz CT molecular complexity index is 459. The molecule has 2 N–H and O–H groups in total. The van der Waals surface area contributed by atoms with E-state index in [1.807, 2.05) is 36.1 Å². The second-order valence-corrected chi connectivity index (χ2v) is 5.12. The standard InChI is InChI=1S/C16H24N2O3/c1-2-21-15-6-4-3-5-13(15)11-14(12-17)16(19)18-7-9-20-10-8-18/h3-6,14H,2,7-12,17H2,1H3. The molecule has 1 aliphatic rings. The van der Waals surface area contributed by atoms with Crippen LogP contribution in [-0.2, 0) is 16.0 Å². The first-order chi connectivity index (χ1) is 10.3. The normalized spacial score (nSPS) is 16.6. The van der Waals surface area contributed by atoms with Gasteiger partial charge in [0.2, 0.25) is 5.91 Å². The van der Waals surface area contributed by atoms with E-state index in [0.29, 0.717) is 45.9 Å². The number of benzene rings is 1. The van der Waals surface area contributed by atoms with Gasteiger partial charge in [-0.2, -0.15) is 0 Å². The SMILES string of the molecule is CCOc1ccccc1CC(CN)C(=O)N1CCOCC1. The Morgan fingerprint density at radius 1 is 1.38 bits per heavy atom. The Hall–Kier alpha value is -1.59. The zero-order valence-corrected chi connectivity index (χ0v) is 12.6. The minimum absolute atomic E-state index is 0.118. The molecular weight excluding hydrogens is 268 g/mol. The zero-order chi connectivity index (χ0) is 15.1. The minimum atomic E-state index is -0.204. The predicted molar refractivity (Wildman–Crippen MR) is 81.3 cm³/mol. The number of nitrogens with two attached hydrogens (primary N) is 1. The number of hydrogen-bond donors (Lipinski definition) is 1. The monoisotopic (exact) mass is 292 g/mol. The van der Waals surface area contributed by atoms with Crippen LogP contribution in [0.4, 0.5) is 0 Å². The molecule has 2 rings (SSSR count). The summed E-state index contributed by atoms with van der Waals surface area (Å²) >= 11 is 0. The minimum Gasteiger partial charge on any atom is -0.494 e. The van der Waals surface area contributed by atoms with Crippen LogP contribution in [0.15, 0.2) is 24.3 Å². The van der Waals surface area contributed by atoms with E-state index in [4.69, 9.17) is 15.2 Å². The summed E-state index contributed by atoms with van der Waals surface area (Å²) in [6.07, 6.45) is 0.614. The smallest absolute Gasteiger partial charge is 0.227 e. The topological polar surface area (TPSA) is 64.8 Å². The van der Waals surface area contributed by atoms with Gasteiger partial charge in [0.25, 0.3) is 0 Å². The van der Waals surface area contributed by atoms with Crippen molar-refractivity contribution in [1.29, 1.82) is 0 Å². The lowest BCUT2D eigenvalue weighted by Crippen LogP contribution is -2.46. The van der Waals surface area contributed by atoms with Gasteiger partial charge in [0, 0.05) is 19.6 Å². The molecule has 1 atom stereocenters. The quantitative estimate of drug-likeness (QED) is 0.851. The van der Waals surface area contributed by atoms with Gasteiger partial charge < -0.3 is 20.1 Å². The maximum absolute atomic E-state index is 12.6. The first kappa shape index (κ1) is 15.8.